The quantitative estimate of drug-likeness (QED) is 0.663. The smallest absolute Gasteiger partial charge is 0.336 e. The number of thioether (sulfide) groups is 1. The average Bonchev–Trinajstić information content (AvgIpc) is 2.35. The van der Waals surface area contributed by atoms with Crippen molar-refractivity contribution in [2.45, 2.75) is 4.90 Å². The molecule has 0 unspecified atom stereocenters. The number of hydrogen-bond acceptors (Lipinski definition) is 3. The van der Waals surface area contributed by atoms with Crippen molar-refractivity contribution in [1.29, 1.82) is 0 Å². The second kappa shape index (κ2) is 5.01. The van der Waals surface area contributed by atoms with Crippen LogP contribution in [0.2, 0.25) is 0 Å². The van der Waals surface area contributed by atoms with Gasteiger partial charge in [-0.05, 0) is 18.2 Å². The second-order valence-corrected chi connectivity index (χ2v) is 4.48. The molecule has 0 aliphatic heterocycles. The van der Waals surface area contributed by atoms with E-state index < -0.39 is 5.97 Å². The fourth-order valence-corrected chi connectivity index (χ4v) is 2.36. The van der Waals surface area contributed by atoms with E-state index in [0.717, 1.165) is 16.2 Å². The maximum Gasteiger partial charge on any atom is 0.336 e. The van der Waals surface area contributed by atoms with Gasteiger partial charge < -0.3 is 5.11 Å². The molecule has 17 heavy (non-hydrogen) atoms. The molecule has 1 aromatic heterocycles. The van der Waals surface area contributed by atoms with E-state index in [1.54, 1.807) is 42.2 Å². The van der Waals surface area contributed by atoms with E-state index in [1.807, 2.05) is 6.08 Å². The number of benzene rings is 1. The van der Waals surface area contributed by atoms with Crippen molar-refractivity contribution in [3.05, 3.63) is 48.7 Å². The molecule has 0 amide bonds. The van der Waals surface area contributed by atoms with Gasteiger partial charge in [-0.15, -0.1) is 18.3 Å². The van der Waals surface area contributed by atoms with E-state index in [2.05, 4.69) is 11.6 Å². The molecule has 86 valence electrons. The van der Waals surface area contributed by atoms with Gasteiger partial charge in [0, 0.05) is 22.2 Å². The van der Waals surface area contributed by atoms with Crippen LogP contribution in [0.1, 0.15) is 10.4 Å². The normalized spacial score (nSPS) is 10.4. The first-order valence-electron chi connectivity index (χ1n) is 5.08. The van der Waals surface area contributed by atoms with Gasteiger partial charge in [-0.1, -0.05) is 12.1 Å². The van der Waals surface area contributed by atoms with Gasteiger partial charge in [0.15, 0.2) is 0 Å². The van der Waals surface area contributed by atoms with Gasteiger partial charge in [0.2, 0.25) is 0 Å². The number of hydrogen-bond donors (Lipinski definition) is 1. The number of carbonyl (C=O) groups is 1. The van der Waals surface area contributed by atoms with Crippen molar-refractivity contribution < 1.29 is 9.90 Å². The fraction of sp³-hybridized carbons (Fsp3) is 0.0769. The summed E-state index contributed by atoms with van der Waals surface area (Å²) in [5.41, 5.74) is 1.02. The number of pyridine rings is 1. The highest BCUT2D eigenvalue weighted by molar-refractivity contribution is 7.99. The summed E-state index contributed by atoms with van der Waals surface area (Å²) in [6, 6.07) is 6.95. The molecule has 2 rings (SSSR count). The maximum absolute atomic E-state index is 11.1. The van der Waals surface area contributed by atoms with Crippen LogP contribution in [0.15, 0.2) is 48.0 Å². The zero-order valence-electron chi connectivity index (χ0n) is 9.09. The summed E-state index contributed by atoms with van der Waals surface area (Å²) in [6.07, 6.45) is 3.48. The lowest BCUT2D eigenvalue weighted by molar-refractivity contribution is 0.0699. The molecule has 2 aromatic rings. The van der Waals surface area contributed by atoms with Crippen LogP contribution >= 0.6 is 11.8 Å². The first-order valence-corrected chi connectivity index (χ1v) is 6.07. The van der Waals surface area contributed by atoms with Crippen molar-refractivity contribution >= 4 is 28.6 Å². The van der Waals surface area contributed by atoms with Crippen molar-refractivity contribution in [2.75, 3.05) is 5.75 Å². The van der Waals surface area contributed by atoms with Gasteiger partial charge >= 0.3 is 5.97 Å². The lowest BCUT2D eigenvalue weighted by Crippen LogP contribution is -1.98. The number of carboxylic acid groups (broad SMARTS) is 1. The summed E-state index contributed by atoms with van der Waals surface area (Å²) in [6.45, 7) is 3.67. The molecular formula is C13H11NO2S. The minimum absolute atomic E-state index is 0.288. The van der Waals surface area contributed by atoms with Crippen molar-refractivity contribution in [1.82, 2.24) is 4.98 Å². The Balaban J connectivity index is 2.61. The number of nitrogens with zero attached hydrogens (tertiary/aromatic N) is 1. The van der Waals surface area contributed by atoms with E-state index in [1.165, 1.54) is 0 Å². The van der Waals surface area contributed by atoms with E-state index in [0.29, 0.717) is 5.39 Å². The van der Waals surface area contributed by atoms with Gasteiger partial charge in [-0.25, -0.2) is 4.79 Å². The molecule has 3 nitrogen and oxygen atoms in total. The summed E-state index contributed by atoms with van der Waals surface area (Å²) in [7, 11) is 0. The maximum atomic E-state index is 11.1. The predicted octanol–water partition coefficient (Wildman–Crippen LogP) is 3.21. The van der Waals surface area contributed by atoms with Crippen molar-refractivity contribution in [3.8, 4) is 0 Å². The molecular weight excluding hydrogens is 234 g/mol. The third kappa shape index (κ3) is 2.31. The van der Waals surface area contributed by atoms with Crippen LogP contribution in [-0.4, -0.2) is 21.8 Å². The number of rotatable bonds is 4. The van der Waals surface area contributed by atoms with Gasteiger partial charge in [0.05, 0.1) is 11.1 Å². The lowest BCUT2D eigenvalue weighted by Gasteiger charge is -2.06. The van der Waals surface area contributed by atoms with Crippen LogP contribution in [0.3, 0.4) is 0 Å². The van der Waals surface area contributed by atoms with E-state index >= 15 is 0 Å². The zero-order chi connectivity index (χ0) is 12.3. The molecule has 0 aliphatic rings. The molecule has 0 aliphatic carbocycles. The number of fused-ring (bicyclic) bond motifs is 1. The average molecular weight is 245 g/mol. The minimum atomic E-state index is -0.928. The molecule has 0 radical (unpaired) electrons. The molecule has 0 saturated carbocycles. The lowest BCUT2D eigenvalue weighted by atomic mass is 10.1. The Kier molecular flexibility index (Phi) is 3.44. The Bertz CT molecular complexity index is 581. The van der Waals surface area contributed by atoms with Crippen LogP contribution in [0.4, 0.5) is 0 Å². The van der Waals surface area contributed by atoms with Gasteiger partial charge in [-0.3, -0.25) is 4.98 Å². The summed E-state index contributed by atoms with van der Waals surface area (Å²) >= 11 is 1.60. The Morgan fingerprint density at radius 3 is 3.00 bits per heavy atom. The van der Waals surface area contributed by atoms with Gasteiger partial charge in [0.1, 0.15) is 0 Å². The predicted molar refractivity (Wildman–Crippen MR) is 69.6 cm³/mol. The van der Waals surface area contributed by atoms with Gasteiger partial charge in [-0.2, -0.15) is 0 Å². The highest BCUT2D eigenvalue weighted by atomic mass is 32.2. The molecule has 0 atom stereocenters. The third-order valence-corrected chi connectivity index (χ3v) is 3.36. The number of aromatic carboxylic acids is 1. The molecule has 0 spiro atoms. The highest BCUT2D eigenvalue weighted by Crippen LogP contribution is 2.28. The monoisotopic (exact) mass is 245 g/mol. The molecule has 0 fully saturated rings. The standard InChI is InChI=1S/C13H11NO2S/c1-2-8-17-11-6-5-10(13(15)16)9-4-3-7-14-12(9)11/h2-7H,1,8H2,(H,15,16). The first kappa shape index (κ1) is 11.7. The highest BCUT2D eigenvalue weighted by Gasteiger charge is 2.11. The zero-order valence-corrected chi connectivity index (χ0v) is 9.91. The topological polar surface area (TPSA) is 50.2 Å². The molecule has 1 heterocycles. The summed E-state index contributed by atoms with van der Waals surface area (Å²) in [4.78, 5) is 16.3. The largest absolute Gasteiger partial charge is 0.478 e. The van der Waals surface area contributed by atoms with Crippen LogP contribution in [0.25, 0.3) is 10.9 Å². The molecule has 1 N–H and O–H groups in total. The Hall–Kier alpha value is -1.81. The molecule has 1 aromatic carbocycles. The van der Waals surface area contributed by atoms with Crippen molar-refractivity contribution in [3.63, 3.8) is 0 Å². The Labute approximate surface area is 103 Å². The van der Waals surface area contributed by atoms with Crippen molar-refractivity contribution in [2.24, 2.45) is 0 Å². The molecule has 0 bridgehead atoms. The SMILES string of the molecule is C=CCSc1ccc(C(=O)O)c2cccnc12. The van der Waals surface area contributed by atoms with E-state index in [-0.39, 0.29) is 5.56 Å². The number of carboxylic acids is 1. The minimum Gasteiger partial charge on any atom is -0.478 e. The first-order chi connectivity index (χ1) is 8.24. The van der Waals surface area contributed by atoms with Gasteiger partial charge in [0.25, 0.3) is 0 Å². The van der Waals surface area contributed by atoms with Crippen LogP contribution in [-0.2, 0) is 0 Å². The third-order valence-electron chi connectivity index (χ3n) is 2.32. The molecule has 4 heteroatoms. The van der Waals surface area contributed by atoms with Crippen LogP contribution in [0, 0.1) is 0 Å². The second-order valence-electron chi connectivity index (χ2n) is 3.42. The van der Waals surface area contributed by atoms with Crippen LogP contribution in [0.5, 0.6) is 0 Å². The fourth-order valence-electron chi connectivity index (χ4n) is 1.60. The number of aromatic nitrogens is 1. The Morgan fingerprint density at radius 1 is 1.47 bits per heavy atom. The summed E-state index contributed by atoms with van der Waals surface area (Å²) in [5, 5.41) is 9.77. The molecule has 0 saturated heterocycles. The summed E-state index contributed by atoms with van der Waals surface area (Å²) < 4.78 is 0. The van der Waals surface area contributed by atoms with Crippen LogP contribution < -0.4 is 0 Å². The Morgan fingerprint density at radius 2 is 2.29 bits per heavy atom. The van der Waals surface area contributed by atoms with E-state index in [9.17, 15) is 4.79 Å². The summed E-state index contributed by atoms with van der Waals surface area (Å²) in [5.74, 6) is -0.152. The van der Waals surface area contributed by atoms with E-state index in [4.69, 9.17) is 5.11 Å².